The zero-order chi connectivity index (χ0) is 24.4. The third kappa shape index (κ3) is 8.03. The van der Waals surface area contributed by atoms with Crippen molar-refractivity contribution in [1.29, 1.82) is 0 Å². The number of aliphatic hydroxyl groups is 4. The van der Waals surface area contributed by atoms with Gasteiger partial charge in [0.05, 0.1) is 19.7 Å². The van der Waals surface area contributed by atoms with E-state index in [1.165, 1.54) is 0 Å². The Kier molecular flexibility index (Phi) is 10.2. The van der Waals surface area contributed by atoms with Gasteiger partial charge in [0.2, 0.25) is 11.7 Å². The van der Waals surface area contributed by atoms with Crippen molar-refractivity contribution in [2.24, 2.45) is 0 Å². The summed E-state index contributed by atoms with van der Waals surface area (Å²) in [5, 5.41) is 56.2. The molecule has 0 aromatic heterocycles. The van der Waals surface area contributed by atoms with Crippen LogP contribution in [0.1, 0.15) is 29.6 Å². The number of unbranched alkanes of at least 4 members (excludes halogenated alkanes) is 1. The quantitative estimate of drug-likeness (QED) is 0.120. The summed E-state index contributed by atoms with van der Waals surface area (Å²) in [6, 6.07) is 7.17. The molecule has 0 saturated carbocycles. The van der Waals surface area contributed by atoms with Crippen LogP contribution in [0, 0.1) is 0 Å². The second-order valence-electron chi connectivity index (χ2n) is 7.84. The van der Waals surface area contributed by atoms with E-state index in [2.05, 4.69) is 16.0 Å². The van der Waals surface area contributed by atoms with Gasteiger partial charge in [-0.1, -0.05) is 18.2 Å². The van der Waals surface area contributed by atoms with Gasteiger partial charge in [-0.2, -0.15) is 0 Å². The van der Waals surface area contributed by atoms with E-state index >= 15 is 0 Å². The zero-order valence-corrected chi connectivity index (χ0v) is 18.0. The van der Waals surface area contributed by atoms with Gasteiger partial charge in [-0.25, -0.2) is 4.79 Å². The second kappa shape index (κ2) is 12.6. The summed E-state index contributed by atoms with van der Waals surface area (Å²) >= 11 is 0. The van der Waals surface area contributed by atoms with Crippen molar-refractivity contribution in [1.82, 2.24) is 16.0 Å². The number of hydrogen-bond donors (Lipinski definition) is 8. The smallest absolute Gasteiger partial charge is 0.326 e. The predicted molar refractivity (Wildman–Crippen MR) is 114 cm³/mol. The van der Waals surface area contributed by atoms with Crippen LogP contribution in [-0.2, 0) is 14.3 Å². The number of carbonyl (C=O) groups excluding carboxylic acids is 2. The molecule has 1 saturated heterocycles. The summed E-state index contributed by atoms with van der Waals surface area (Å²) in [6.45, 7) is -0.564. The van der Waals surface area contributed by atoms with Crippen LogP contribution in [0.4, 0.5) is 0 Å². The maximum Gasteiger partial charge on any atom is 0.326 e. The molecule has 2 amide bonds. The van der Waals surface area contributed by atoms with Crippen molar-refractivity contribution in [3.63, 3.8) is 0 Å². The van der Waals surface area contributed by atoms with Gasteiger partial charge in [0.1, 0.15) is 24.4 Å². The van der Waals surface area contributed by atoms with Gasteiger partial charge in [0, 0.05) is 5.56 Å². The van der Waals surface area contributed by atoms with Crippen LogP contribution in [-0.4, -0.2) is 99.7 Å². The molecule has 1 heterocycles. The first kappa shape index (κ1) is 26.6. The number of amides is 2. The first-order chi connectivity index (χ1) is 15.6. The summed E-state index contributed by atoms with van der Waals surface area (Å²) in [7, 11) is 0. The van der Waals surface area contributed by atoms with Crippen molar-refractivity contribution >= 4 is 17.8 Å². The Hall–Kier alpha value is -2.61. The molecular formula is C21H31N3O9. The predicted octanol–water partition coefficient (Wildman–Crippen LogP) is -2.45. The van der Waals surface area contributed by atoms with Crippen LogP contribution in [0.15, 0.2) is 30.3 Å². The molecule has 5 atom stereocenters. The maximum absolute atomic E-state index is 12.0. The Labute approximate surface area is 190 Å². The van der Waals surface area contributed by atoms with E-state index in [9.17, 15) is 39.9 Å². The summed E-state index contributed by atoms with van der Waals surface area (Å²) in [6.07, 6.45) is -3.48. The van der Waals surface area contributed by atoms with Crippen molar-refractivity contribution in [3.8, 4) is 0 Å². The molecule has 0 bridgehead atoms. The first-order valence-electron chi connectivity index (χ1n) is 10.6. The Bertz CT molecular complexity index is 794. The van der Waals surface area contributed by atoms with E-state index in [1.54, 1.807) is 30.3 Å². The highest BCUT2D eigenvalue weighted by atomic mass is 16.7. The van der Waals surface area contributed by atoms with Crippen LogP contribution in [0.3, 0.4) is 0 Å². The topological polar surface area (TPSA) is 198 Å². The Morgan fingerprint density at radius 1 is 1.12 bits per heavy atom. The fourth-order valence-electron chi connectivity index (χ4n) is 3.27. The first-order valence-corrected chi connectivity index (χ1v) is 10.6. The van der Waals surface area contributed by atoms with Crippen LogP contribution < -0.4 is 16.0 Å². The molecule has 1 aromatic rings. The largest absolute Gasteiger partial charge is 0.480 e. The minimum absolute atomic E-state index is 0.143. The van der Waals surface area contributed by atoms with Crippen molar-refractivity contribution in [2.75, 3.05) is 26.2 Å². The lowest BCUT2D eigenvalue weighted by Crippen LogP contribution is -2.64. The Morgan fingerprint density at radius 3 is 2.48 bits per heavy atom. The summed E-state index contributed by atoms with van der Waals surface area (Å²) < 4.78 is 5.03. The highest BCUT2D eigenvalue weighted by Crippen LogP contribution is 2.23. The fourth-order valence-corrected chi connectivity index (χ4v) is 3.27. The van der Waals surface area contributed by atoms with Crippen molar-refractivity contribution in [3.05, 3.63) is 35.9 Å². The molecule has 0 aliphatic carbocycles. The van der Waals surface area contributed by atoms with Gasteiger partial charge in [0.25, 0.3) is 5.91 Å². The number of carbonyl (C=O) groups is 3. The van der Waals surface area contributed by atoms with Gasteiger partial charge >= 0.3 is 5.97 Å². The maximum atomic E-state index is 12.0. The molecule has 184 valence electrons. The molecule has 0 spiro atoms. The van der Waals surface area contributed by atoms with Crippen molar-refractivity contribution < 1.29 is 44.7 Å². The van der Waals surface area contributed by atoms with Gasteiger partial charge in [-0.3, -0.25) is 9.59 Å². The molecule has 2 rings (SSSR count). The lowest BCUT2D eigenvalue weighted by molar-refractivity contribution is -0.317. The Morgan fingerprint density at radius 2 is 1.82 bits per heavy atom. The molecule has 1 fully saturated rings. The molecule has 8 N–H and O–H groups in total. The van der Waals surface area contributed by atoms with Crippen LogP contribution in [0.25, 0.3) is 0 Å². The monoisotopic (exact) mass is 470 g/mol. The second-order valence-corrected chi connectivity index (χ2v) is 7.84. The number of carboxylic acid groups (broad SMARTS) is 1. The minimum Gasteiger partial charge on any atom is -0.480 e. The summed E-state index contributed by atoms with van der Waals surface area (Å²) in [5.74, 6) is -4.33. The number of benzene rings is 1. The van der Waals surface area contributed by atoms with Gasteiger partial charge in [-0.05, 0) is 37.9 Å². The molecule has 0 unspecified atom stereocenters. The summed E-state index contributed by atoms with van der Waals surface area (Å²) in [5.41, 5.74) is 0.383. The normalized spacial score (nSPS) is 25.8. The number of rotatable bonds is 12. The lowest BCUT2D eigenvalue weighted by Gasteiger charge is -2.41. The standard InChI is InChI=1S/C21H31N3O9/c25-15-11-33-21(32,18(28)17(15)27)12-22-9-5-4-8-14(20(30)31)24-16(26)10-23-19(29)13-6-2-1-3-7-13/h1-3,6-7,14-15,17-18,22,25,27-28,32H,4-5,8-12H2,(H,23,29)(H,24,26)(H,30,31)/t14-,15+,17+,18-,21+/m0/s1/i12+1. The number of nitrogens with one attached hydrogen (secondary N) is 3. The van der Waals surface area contributed by atoms with Crippen LogP contribution in [0.5, 0.6) is 0 Å². The van der Waals surface area contributed by atoms with Gasteiger partial charge in [0.15, 0.2) is 0 Å². The Balaban J connectivity index is 1.66. The molecule has 12 nitrogen and oxygen atoms in total. The van der Waals surface area contributed by atoms with E-state index in [4.69, 9.17) is 4.74 Å². The fraction of sp³-hybridized carbons (Fsp3) is 0.571. The van der Waals surface area contributed by atoms with Gasteiger partial charge < -0.3 is 46.2 Å². The van der Waals surface area contributed by atoms with E-state index in [0.29, 0.717) is 24.9 Å². The van der Waals surface area contributed by atoms with Crippen LogP contribution >= 0.6 is 0 Å². The van der Waals surface area contributed by atoms with E-state index < -0.39 is 47.9 Å². The molecule has 1 aliphatic heterocycles. The average molecular weight is 470 g/mol. The molecule has 12 heteroatoms. The third-order valence-electron chi connectivity index (χ3n) is 5.24. The SMILES string of the molecule is O=C(CNC(=O)c1ccccc1)N[C@@H](CCCCN[13CH2][C@@]1(O)OC[C@@H](O)[C@@H](O)[C@@H]1O)C(=O)O. The van der Waals surface area contributed by atoms with Crippen molar-refractivity contribution in [2.45, 2.75) is 49.4 Å². The molecular weight excluding hydrogens is 439 g/mol. The average Bonchev–Trinajstić information content (AvgIpc) is 2.80. The minimum atomic E-state index is -2.06. The highest BCUT2D eigenvalue weighted by Gasteiger charge is 2.48. The number of hydrogen-bond acceptors (Lipinski definition) is 9. The van der Waals surface area contributed by atoms with E-state index in [-0.39, 0.29) is 26.1 Å². The number of aliphatic carboxylic acids is 1. The van der Waals surface area contributed by atoms with Gasteiger partial charge in [-0.15, -0.1) is 0 Å². The number of aliphatic hydroxyl groups excluding tert-OH is 3. The molecule has 1 aliphatic rings. The van der Waals surface area contributed by atoms with E-state index in [0.717, 1.165) is 0 Å². The lowest BCUT2D eigenvalue weighted by atomic mass is 10.0. The molecule has 0 radical (unpaired) electrons. The van der Waals surface area contributed by atoms with E-state index in [1.807, 2.05) is 0 Å². The highest BCUT2D eigenvalue weighted by molar-refractivity contribution is 5.96. The molecule has 1 aromatic carbocycles. The van der Waals surface area contributed by atoms with Crippen LogP contribution in [0.2, 0.25) is 0 Å². The number of carboxylic acids is 1. The number of ether oxygens (including phenoxy) is 1. The molecule has 33 heavy (non-hydrogen) atoms. The zero-order valence-electron chi connectivity index (χ0n) is 18.0. The third-order valence-corrected chi connectivity index (χ3v) is 5.24. The summed E-state index contributed by atoms with van der Waals surface area (Å²) in [4.78, 5) is 35.4.